The average molecular weight is 333 g/mol. The van der Waals surface area contributed by atoms with Crippen molar-refractivity contribution in [3.05, 3.63) is 46.6 Å². The summed E-state index contributed by atoms with van der Waals surface area (Å²) in [6.45, 7) is -0.195. The van der Waals surface area contributed by atoms with Crippen LogP contribution in [-0.2, 0) is 6.18 Å². The molecule has 0 saturated carbocycles. The Balaban J connectivity index is 2.14. The molecule has 0 aliphatic rings. The summed E-state index contributed by atoms with van der Waals surface area (Å²) < 4.78 is 38.7. The van der Waals surface area contributed by atoms with Crippen LogP contribution in [0.3, 0.4) is 0 Å². The first kappa shape index (κ1) is 16.3. The standard InChI is InChI=1S/C13H12ClF3N4O/c14-10-5-11(21-12(18)20-10)19-6-9(22)7-3-1-2-4-8(7)13(15,16)17/h1-5,9,22H,6H2,(H3,18,19,20,21)/t9-/m0/s1. The van der Waals surface area contributed by atoms with E-state index in [1.165, 1.54) is 24.3 Å². The summed E-state index contributed by atoms with van der Waals surface area (Å²) in [5.41, 5.74) is 4.29. The molecule has 0 aliphatic heterocycles. The summed E-state index contributed by atoms with van der Waals surface area (Å²) in [6, 6.07) is 6.17. The number of hydrogen-bond donors (Lipinski definition) is 3. The predicted molar refractivity (Wildman–Crippen MR) is 76.3 cm³/mol. The zero-order valence-corrected chi connectivity index (χ0v) is 11.9. The number of nitrogens with zero attached hydrogens (tertiary/aromatic N) is 2. The molecule has 9 heteroatoms. The molecule has 5 nitrogen and oxygen atoms in total. The highest BCUT2D eigenvalue weighted by molar-refractivity contribution is 6.29. The van der Waals surface area contributed by atoms with E-state index in [1.807, 2.05) is 0 Å². The molecular formula is C13H12ClF3N4O. The van der Waals surface area contributed by atoms with Gasteiger partial charge in [-0.05, 0) is 11.6 Å². The fourth-order valence-corrected chi connectivity index (χ4v) is 2.07. The molecule has 118 valence electrons. The molecule has 4 N–H and O–H groups in total. The Morgan fingerprint density at radius 3 is 2.59 bits per heavy atom. The molecule has 0 aliphatic carbocycles. The van der Waals surface area contributed by atoms with Crippen LogP contribution in [0.4, 0.5) is 24.9 Å². The number of aliphatic hydroxyl groups is 1. The maximum atomic E-state index is 12.9. The van der Waals surface area contributed by atoms with Crippen LogP contribution in [0.5, 0.6) is 0 Å². The number of benzene rings is 1. The van der Waals surface area contributed by atoms with Crippen LogP contribution in [0.1, 0.15) is 17.2 Å². The second-order valence-corrected chi connectivity index (χ2v) is 4.80. The monoisotopic (exact) mass is 332 g/mol. The van der Waals surface area contributed by atoms with Crippen molar-refractivity contribution in [3.8, 4) is 0 Å². The van der Waals surface area contributed by atoms with E-state index in [-0.39, 0.29) is 29.0 Å². The summed E-state index contributed by atoms with van der Waals surface area (Å²) >= 11 is 5.69. The molecule has 2 rings (SSSR count). The van der Waals surface area contributed by atoms with E-state index in [9.17, 15) is 18.3 Å². The van der Waals surface area contributed by atoms with Gasteiger partial charge in [-0.1, -0.05) is 29.8 Å². The number of halogens is 4. The van der Waals surface area contributed by atoms with Crippen LogP contribution in [0.2, 0.25) is 5.15 Å². The molecule has 1 atom stereocenters. The van der Waals surface area contributed by atoms with E-state index in [2.05, 4.69) is 15.3 Å². The maximum absolute atomic E-state index is 12.9. The molecule has 0 unspecified atom stereocenters. The van der Waals surface area contributed by atoms with Gasteiger partial charge in [0.15, 0.2) is 0 Å². The molecule has 1 aromatic heterocycles. The number of anilines is 2. The van der Waals surface area contributed by atoms with Crippen LogP contribution < -0.4 is 11.1 Å². The predicted octanol–water partition coefficient (Wildman–Crippen LogP) is 2.88. The number of rotatable bonds is 4. The van der Waals surface area contributed by atoms with Gasteiger partial charge in [-0.15, -0.1) is 0 Å². The lowest BCUT2D eigenvalue weighted by Crippen LogP contribution is -2.18. The van der Waals surface area contributed by atoms with Crippen LogP contribution in [0, 0.1) is 0 Å². The Morgan fingerprint density at radius 2 is 1.95 bits per heavy atom. The van der Waals surface area contributed by atoms with Gasteiger partial charge in [0.05, 0.1) is 11.7 Å². The number of nitrogen functional groups attached to an aromatic ring is 1. The molecular weight excluding hydrogens is 321 g/mol. The average Bonchev–Trinajstić information content (AvgIpc) is 2.43. The van der Waals surface area contributed by atoms with E-state index in [1.54, 1.807) is 0 Å². The topological polar surface area (TPSA) is 84.1 Å². The fraction of sp³-hybridized carbons (Fsp3) is 0.231. The second-order valence-electron chi connectivity index (χ2n) is 4.42. The highest BCUT2D eigenvalue weighted by Gasteiger charge is 2.34. The molecule has 0 amide bonds. The molecule has 2 aromatic rings. The molecule has 1 aromatic carbocycles. The number of nitrogens with one attached hydrogen (secondary N) is 1. The summed E-state index contributed by atoms with van der Waals surface area (Å²) in [5.74, 6) is 0.126. The van der Waals surface area contributed by atoms with Crippen LogP contribution in [0.15, 0.2) is 30.3 Å². The Kier molecular flexibility index (Phi) is 4.72. The first-order valence-electron chi connectivity index (χ1n) is 6.15. The van der Waals surface area contributed by atoms with Crippen molar-refractivity contribution >= 4 is 23.4 Å². The SMILES string of the molecule is Nc1nc(Cl)cc(NC[C@H](O)c2ccccc2C(F)(F)F)n1. The van der Waals surface area contributed by atoms with Crippen molar-refractivity contribution in [3.63, 3.8) is 0 Å². The fourth-order valence-electron chi connectivity index (χ4n) is 1.88. The molecule has 1 heterocycles. The minimum absolute atomic E-state index is 0.0832. The maximum Gasteiger partial charge on any atom is 0.416 e. The Morgan fingerprint density at radius 1 is 1.27 bits per heavy atom. The van der Waals surface area contributed by atoms with Gasteiger partial charge >= 0.3 is 6.18 Å². The number of hydrogen-bond acceptors (Lipinski definition) is 5. The van der Waals surface area contributed by atoms with Gasteiger partial charge in [0.1, 0.15) is 11.0 Å². The zero-order valence-electron chi connectivity index (χ0n) is 11.1. The van der Waals surface area contributed by atoms with Crippen molar-refractivity contribution in [2.75, 3.05) is 17.6 Å². The molecule has 0 radical (unpaired) electrons. The minimum atomic E-state index is -4.54. The lowest BCUT2D eigenvalue weighted by atomic mass is 10.0. The second kappa shape index (κ2) is 6.37. The van der Waals surface area contributed by atoms with Gasteiger partial charge in [-0.25, -0.2) is 4.98 Å². The number of alkyl halides is 3. The molecule has 0 fully saturated rings. The Hall–Kier alpha value is -2.06. The van der Waals surface area contributed by atoms with Gasteiger partial charge < -0.3 is 16.2 Å². The first-order valence-corrected chi connectivity index (χ1v) is 6.53. The van der Waals surface area contributed by atoms with Gasteiger partial charge in [0.25, 0.3) is 0 Å². The van der Waals surface area contributed by atoms with E-state index in [0.717, 1.165) is 6.07 Å². The van der Waals surface area contributed by atoms with Gasteiger partial charge in [-0.2, -0.15) is 18.2 Å². The quantitative estimate of drug-likeness (QED) is 0.750. The van der Waals surface area contributed by atoms with Crippen LogP contribution in [0.25, 0.3) is 0 Å². The van der Waals surface area contributed by atoms with Crippen molar-refractivity contribution in [2.45, 2.75) is 12.3 Å². The third kappa shape index (κ3) is 3.99. The van der Waals surface area contributed by atoms with E-state index in [0.29, 0.717) is 0 Å². The Bertz CT molecular complexity index is 646. The zero-order chi connectivity index (χ0) is 16.3. The smallest absolute Gasteiger partial charge is 0.387 e. The molecule has 22 heavy (non-hydrogen) atoms. The molecule has 0 spiro atoms. The highest BCUT2D eigenvalue weighted by Crippen LogP contribution is 2.34. The summed E-state index contributed by atoms with van der Waals surface area (Å²) in [4.78, 5) is 7.46. The Labute approximate surface area is 129 Å². The summed E-state index contributed by atoms with van der Waals surface area (Å²) in [6.07, 6.45) is -5.92. The van der Waals surface area contributed by atoms with E-state index < -0.39 is 17.8 Å². The normalized spacial score (nSPS) is 13.0. The lowest BCUT2D eigenvalue weighted by molar-refractivity contribution is -0.139. The third-order valence-corrected chi connectivity index (χ3v) is 3.01. The summed E-state index contributed by atoms with van der Waals surface area (Å²) in [5, 5.41) is 12.7. The minimum Gasteiger partial charge on any atom is -0.387 e. The summed E-state index contributed by atoms with van der Waals surface area (Å²) in [7, 11) is 0. The van der Waals surface area contributed by atoms with E-state index in [4.69, 9.17) is 17.3 Å². The first-order chi connectivity index (χ1) is 10.3. The van der Waals surface area contributed by atoms with Crippen molar-refractivity contribution in [1.29, 1.82) is 0 Å². The highest BCUT2D eigenvalue weighted by atomic mass is 35.5. The van der Waals surface area contributed by atoms with Gasteiger partial charge in [0, 0.05) is 12.6 Å². The lowest BCUT2D eigenvalue weighted by Gasteiger charge is -2.18. The van der Waals surface area contributed by atoms with Crippen molar-refractivity contribution in [1.82, 2.24) is 9.97 Å². The third-order valence-electron chi connectivity index (χ3n) is 2.81. The largest absolute Gasteiger partial charge is 0.416 e. The number of aromatic nitrogens is 2. The van der Waals surface area contributed by atoms with Crippen LogP contribution >= 0.6 is 11.6 Å². The van der Waals surface area contributed by atoms with Crippen molar-refractivity contribution in [2.24, 2.45) is 0 Å². The number of nitrogens with two attached hydrogens (primary N) is 1. The molecule has 0 saturated heterocycles. The molecule has 0 bridgehead atoms. The number of aliphatic hydroxyl groups excluding tert-OH is 1. The van der Waals surface area contributed by atoms with E-state index >= 15 is 0 Å². The van der Waals surface area contributed by atoms with Crippen molar-refractivity contribution < 1.29 is 18.3 Å². The van der Waals surface area contributed by atoms with Crippen LogP contribution in [-0.4, -0.2) is 21.6 Å². The van der Waals surface area contributed by atoms with Gasteiger partial charge in [0.2, 0.25) is 5.95 Å². The van der Waals surface area contributed by atoms with Gasteiger partial charge in [-0.3, -0.25) is 0 Å².